The molecule has 0 saturated heterocycles. The van der Waals surface area contributed by atoms with Gasteiger partial charge in [0.2, 0.25) is 0 Å². The molecule has 3 aromatic carbocycles. The van der Waals surface area contributed by atoms with Gasteiger partial charge in [-0.1, -0.05) is 0 Å². The van der Waals surface area contributed by atoms with Crippen LogP contribution in [0.25, 0.3) is 22.3 Å². The van der Waals surface area contributed by atoms with Gasteiger partial charge in [0, 0.05) is 0 Å². The van der Waals surface area contributed by atoms with E-state index in [9.17, 15) is 0 Å². The molecular weight excluding hydrogens is 448 g/mol. The van der Waals surface area contributed by atoms with E-state index in [2.05, 4.69) is 70.6 Å². The summed E-state index contributed by atoms with van der Waals surface area (Å²) in [6.07, 6.45) is 0. The van der Waals surface area contributed by atoms with Crippen molar-refractivity contribution in [2.24, 2.45) is 9.98 Å². The third-order valence-corrected chi connectivity index (χ3v) is 4.25. The van der Waals surface area contributed by atoms with Gasteiger partial charge in [0.05, 0.1) is 0 Å². The van der Waals surface area contributed by atoms with Crippen LogP contribution in [0.15, 0.2) is 82.8 Å². The molecule has 1 aliphatic heterocycles. The van der Waals surface area contributed by atoms with Gasteiger partial charge in [0.1, 0.15) is 0 Å². The average molecular weight is 461 g/mol. The second-order valence-corrected chi connectivity index (χ2v) is 6.13. The van der Waals surface area contributed by atoms with Gasteiger partial charge in [-0.3, -0.25) is 0 Å². The summed E-state index contributed by atoms with van der Waals surface area (Å²) >= 11 is 1.94. The molecule has 2 nitrogen and oxygen atoms in total. The summed E-state index contributed by atoms with van der Waals surface area (Å²) in [5.41, 5.74) is 4.72. The second-order valence-electron chi connectivity index (χ2n) is 5.06. The molecule has 1 heterocycles. The second kappa shape index (κ2) is 5.52. The Morgan fingerprint density at radius 3 is 1.95 bits per heavy atom. The number of nitrogens with zero attached hydrogens (tertiary/aromatic N) is 2. The molecule has 1 aliphatic rings. The van der Waals surface area contributed by atoms with Crippen LogP contribution in [0.4, 0.5) is 0 Å². The normalized spacial score (nSPS) is 12.5. The summed E-state index contributed by atoms with van der Waals surface area (Å²) in [6.45, 7) is 0. The number of rotatable bonds is 2. The number of fused-ring (bicyclic) bond motifs is 1. The Morgan fingerprint density at radius 1 is 0.636 bits per heavy atom. The molecule has 22 heavy (non-hydrogen) atoms. The third-order valence-electron chi connectivity index (χ3n) is 3.71. The fourth-order valence-electron chi connectivity index (χ4n) is 2.75. The zero-order valence-corrected chi connectivity index (χ0v) is 14.1. The number of hydrogen-bond donors (Lipinski definition) is 0. The van der Waals surface area contributed by atoms with E-state index < -0.39 is 0 Å². The van der Waals surface area contributed by atoms with Crippen molar-refractivity contribution in [3.8, 4) is 22.3 Å². The summed E-state index contributed by atoms with van der Waals surface area (Å²) in [4.78, 5) is 9.19. The van der Waals surface area contributed by atoms with Gasteiger partial charge in [-0.25, -0.2) is 0 Å². The fourth-order valence-corrected chi connectivity index (χ4v) is 3.30. The van der Waals surface area contributed by atoms with Crippen LogP contribution < -0.4 is 10.7 Å². The first-order chi connectivity index (χ1) is 10.8. The first-order valence-corrected chi connectivity index (χ1v) is 8.24. The van der Waals surface area contributed by atoms with Crippen molar-refractivity contribution in [3.05, 3.63) is 83.5 Å². The molecule has 0 amide bonds. The molecule has 107 valence electrons. The molecular formula is C19H12IrN2. The minimum atomic E-state index is 0.817. The van der Waals surface area contributed by atoms with Gasteiger partial charge in [-0.15, -0.1) is 0 Å². The van der Waals surface area contributed by atoms with Gasteiger partial charge in [0.15, 0.2) is 0 Å². The molecule has 0 N–H and O–H groups in total. The van der Waals surface area contributed by atoms with Crippen molar-refractivity contribution in [3.63, 3.8) is 0 Å². The number of benzene rings is 3. The zero-order valence-electron chi connectivity index (χ0n) is 11.7. The Kier molecular flexibility index (Phi) is 3.38. The predicted octanol–water partition coefficient (Wildman–Crippen LogP) is 2.91. The van der Waals surface area contributed by atoms with E-state index in [1.165, 1.54) is 16.7 Å². The molecule has 0 unspecified atom stereocenters. The monoisotopic (exact) mass is 461 g/mol. The summed E-state index contributed by atoms with van der Waals surface area (Å²) in [7, 11) is 0. The Bertz CT molecular complexity index is 977. The summed E-state index contributed by atoms with van der Waals surface area (Å²) < 4.78 is 0.817. The first kappa shape index (κ1) is 13.4. The maximum absolute atomic E-state index is 4.66. The first-order valence-electron chi connectivity index (χ1n) is 7.04. The standard InChI is InChI=1S/C19H12N2.Ir/c1-3-7-14(8-4-1)16-11-12-17-19(21-13-20-17)18(16)15-9-5-2-6-10-15;/h1-12H;. The molecule has 0 fully saturated rings. The molecule has 0 bridgehead atoms. The molecule has 3 heteroatoms. The zero-order chi connectivity index (χ0) is 14.9. The van der Waals surface area contributed by atoms with Gasteiger partial charge < -0.3 is 0 Å². The van der Waals surface area contributed by atoms with Crippen LogP contribution in [0.5, 0.6) is 0 Å². The van der Waals surface area contributed by atoms with E-state index >= 15 is 0 Å². The van der Waals surface area contributed by atoms with E-state index in [1.54, 1.807) is 0 Å². The van der Waals surface area contributed by atoms with E-state index in [-0.39, 0.29) is 0 Å². The van der Waals surface area contributed by atoms with Crippen molar-refractivity contribution >= 4 is 4.27 Å². The Balaban J connectivity index is 2.11. The van der Waals surface area contributed by atoms with Crippen LogP contribution in [-0.2, 0) is 18.4 Å². The van der Waals surface area contributed by atoms with E-state index in [0.717, 1.165) is 20.6 Å². The SMILES string of the molecule is [Ir]=[C]1N=c2ccc(-c3ccccc3)c(-c3ccccc3)c2=N1. The molecule has 0 saturated carbocycles. The minimum absolute atomic E-state index is 0.817. The summed E-state index contributed by atoms with van der Waals surface area (Å²) in [5, 5.41) is 1.93. The molecule has 0 aromatic heterocycles. The molecule has 0 aliphatic carbocycles. The molecule has 0 radical (unpaired) electrons. The fraction of sp³-hybridized carbons (Fsp3) is 0. The predicted molar refractivity (Wildman–Crippen MR) is 84.6 cm³/mol. The topological polar surface area (TPSA) is 24.7 Å². The Morgan fingerprint density at radius 2 is 1.27 bits per heavy atom. The quantitative estimate of drug-likeness (QED) is 0.562. The van der Waals surface area contributed by atoms with Crippen molar-refractivity contribution in [2.45, 2.75) is 0 Å². The maximum atomic E-state index is 4.66. The Hall–Kier alpha value is -2.22. The van der Waals surface area contributed by atoms with Crippen LogP contribution in [-0.4, -0.2) is 4.27 Å². The van der Waals surface area contributed by atoms with Crippen molar-refractivity contribution < 1.29 is 18.4 Å². The molecule has 0 spiro atoms. The molecule has 3 aromatic rings. The van der Waals surface area contributed by atoms with Gasteiger partial charge in [-0.2, -0.15) is 0 Å². The van der Waals surface area contributed by atoms with E-state index in [4.69, 9.17) is 0 Å². The third kappa shape index (κ3) is 2.29. The average Bonchev–Trinajstić information content (AvgIpc) is 2.95. The number of hydrogen-bond acceptors (Lipinski definition) is 2. The van der Waals surface area contributed by atoms with Crippen molar-refractivity contribution in [1.29, 1.82) is 0 Å². The van der Waals surface area contributed by atoms with Gasteiger partial charge in [-0.05, 0) is 0 Å². The van der Waals surface area contributed by atoms with Crippen LogP contribution in [0.3, 0.4) is 0 Å². The summed E-state index contributed by atoms with van der Waals surface area (Å²) in [5.74, 6) is 0. The van der Waals surface area contributed by atoms with Gasteiger partial charge in [0.25, 0.3) is 0 Å². The van der Waals surface area contributed by atoms with Crippen molar-refractivity contribution in [1.82, 2.24) is 0 Å². The van der Waals surface area contributed by atoms with Crippen LogP contribution in [0.1, 0.15) is 0 Å². The Labute approximate surface area is 138 Å². The van der Waals surface area contributed by atoms with Crippen LogP contribution in [0.2, 0.25) is 0 Å². The molecule has 0 atom stereocenters. The van der Waals surface area contributed by atoms with Gasteiger partial charge >= 0.3 is 138 Å². The summed E-state index contributed by atoms with van der Waals surface area (Å²) in [6, 6.07) is 25.1. The van der Waals surface area contributed by atoms with E-state index in [1.807, 2.05) is 30.6 Å². The van der Waals surface area contributed by atoms with Crippen molar-refractivity contribution in [2.75, 3.05) is 0 Å². The van der Waals surface area contributed by atoms with E-state index in [0.29, 0.717) is 0 Å². The molecule has 4 rings (SSSR count). The van der Waals surface area contributed by atoms with Crippen LogP contribution >= 0.6 is 0 Å². The van der Waals surface area contributed by atoms with Crippen LogP contribution in [0, 0.1) is 0 Å².